The number of piperidine rings is 1. The second kappa shape index (κ2) is 8.77. The van der Waals surface area contributed by atoms with Gasteiger partial charge in [0.15, 0.2) is 23.0 Å². The van der Waals surface area contributed by atoms with Gasteiger partial charge in [0.2, 0.25) is 0 Å². The van der Waals surface area contributed by atoms with E-state index in [4.69, 9.17) is 18.7 Å². The van der Waals surface area contributed by atoms with Crippen molar-refractivity contribution in [1.29, 1.82) is 0 Å². The minimum absolute atomic E-state index is 0.0974. The molecule has 0 unspecified atom stereocenters. The molecular formula is C20H24N2O6. The van der Waals surface area contributed by atoms with E-state index in [0.717, 1.165) is 18.4 Å². The fraction of sp³-hybridized carbons (Fsp3) is 0.450. The number of benzene rings is 1. The van der Waals surface area contributed by atoms with Crippen LogP contribution in [0.15, 0.2) is 28.8 Å². The maximum atomic E-state index is 12.8. The molecule has 8 nitrogen and oxygen atoms in total. The summed E-state index contributed by atoms with van der Waals surface area (Å²) >= 11 is 0. The molecule has 1 aliphatic heterocycles. The maximum absolute atomic E-state index is 12.8. The van der Waals surface area contributed by atoms with Crippen molar-refractivity contribution in [2.75, 3.05) is 20.8 Å². The van der Waals surface area contributed by atoms with Crippen molar-refractivity contribution in [1.82, 2.24) is 10.1 Å². The summed E-state index contributed by atoms with van der Waals surface area (Å²) in [5.74, 6) is 0.825. The molecule has 0 saturated carbocycles. The van der Waals surface area contributed by atoms with Crippen LogP contribution in [0.3, 0.4) is 0 Å². The summed E-state index contributed by atoms with van der Waals surface area (Å²) in [5.41, 5.74) is 1.20. The molecule has 1 saturated heterocycles. The van der Waals surface area contributed by atoms with Gasteiger partial charge in [-0.15, -0.1) is 0 Å². The molecule has 1 aromatic heterocycles. The standard InChI is InChI=1S/C20H24N2O6/c1-13-7-8-17(18(10-13)25-2)27-12-14-11-15(21-28-14)19(23)22-9-5-4-6-16(22)20(24)26-3/h7-8,10-11,16H,4-6,9,12H2,1-3H3/t16-/m0/s1. The number of hydrogen-bond donors (Lipinski definition) is 0. The zero-order chi connectivity index (χ0) is 20.1. The molecule has 150 valence electrons. The predicted octanol–water partition coefficient (Wildman–Crippen LogP) is 2.74. The molecule has 3 rings (SSSR count). The van der Waals surface area contributed by atoms with Gasteiger partial charge < -0.3 is 23.6 Å². The van der Waals surface area contributed by atoms with E-state index in [0.29, 0.717) is 30.2 Å². The fourth-order valence-corrected chi connectivity index (χ4v) is 3.23. The lowest BCUT2D eigenvalue weighted by atomic mass is 10.0. The molecule has 1 amide bonds. The Morgan fingerprint density at radius 1 is 1.21 bits per heavy atom. The van der Waals surface area contributed by atoms with Crippen molar-refractivity contribution in [2.24, 2.45) is 0 Å². The van der Waals surface area contributed by atoms with E-state index in [2.05, 4.69) is 5.16 Å². The van der Waals surface area contributed by atoms with Gasteiger partial charge >= 0.3 is 5.97 Å². The highest BCUT2D eigenvalue weighted by atomic mass is 16.5. The van der Waals surface area contributed by atoms with Crippen LogP contribution in [0.2, 0.25) is 0 Å². The summed E-state index contributed by atoms with van der Waals surface area (Å²) in [7, 11) is 2.90. The number of hydrogen-bond acceptors (Lipinski definition) is 7. The maximum Gasteiger partial charge on any atom is 0.328 e. The molecule has 0 radical (unpaired) electrons. The van der Waals surface area contributed by atoms with Gasteiger partial charge in [-0.1, -0.05) is 11.2 Å². The van der Waals surface area contributed by atoms with E-state index in [1.54, 1.807) is 7.11 Å². The van der Waals surface area contributed by atoms with Crippen LogP contribution in [0.5, 0.6) is 11.5 Å². The molecule has 8 heteroatoms. The number of carbonyl (C=O) groups is 2. The fourth-order valence-electron chi connectivity index (χ4n) is 3.23. The highest BCUT2D eigenvalue weighted by Gasteiger charge is 2.34. The third-order valence-corrected chi connectivity index (χ3v) is 4.70. The highest BCUT2D eigenvalue weighted by Crippen LogP contribution is 2.28. The summed E-state index contributed by atoms with van der Waals surface area (Å²) in [5, 5.41) is 3.85. The predicted molar refractivity (Wildman–Crippen MR) is 99.3 cm³/mol. The van der Waals surface area contributed by atoms with Crippen LogP contribution in [0.4, 0.5) is 0 Å². The number of ether oxygens (including phenoxy) is 3. The lowest BCUT2D eigenvalue weighted by molar-refractivity contribution is -0.147. The molecule has 28 heavy (non-hydrogen) atoms. The van der Waals surface area contributed by atoms with Crippen molar-refractivity contribution in [3.63, 3.8) is 0 Å². The molecule has 1 aromatic carbocycles. The van der Waals surface area contributed by atoms with Crippen LogP contribution in [0, 0.1) is 6.92 Å². The van der Waals surface area contributed by atoms with Crippen LogP contribution < -0.4 is 9.47 Å². The van der Waals surface area contributed by atoms with Crippen LogP contribution in [0.1, 0.15) is 41.1 Å². The number of nitrogens with zero attached hydrogens (tertiary/aromatic N) is 2. The number of methoxy groups -OCH3 is 2. The zero-order valence-corrected chi connectivity index (χ0v) is 16.3. The lowest BCUT2D eigenvalue weighted by Crippen LogP contribution is -2.48. The number of likely N-dealkylation sites (tertiary alicyclic amines) is 1. The van der Waals surface area contributed by atoms with E-state index in [1.807, 2.05) is 25.1 Å². The van der Waals surface area contributed by atoms with Gasteiger partial charge in [0.1, 0.15) is 12.6 Å². The highest BCUT2D eigenvalue weighted by molar-refractivity contribution is 5.95. The Morgan fingerprint density at radius 2 is 2.04 bits per heavy atom. The lowest BCUT2D eigenvalue weighted by Gasteiger charge is -2.33. The summed E-state index contributed by atoms with van der Waals surface area (Å²) in [6.07, 6.45) is 2.29. The van der Waals surface area contributed by atoms with Crippen LogP contribution in [-0.4, -0.2) is 48.7 Å². The first-order valence-corrected chi connectivity index (χ1v) is 9.15. The van der Waals surface area contributed by atoms with Gasteiger partial charge in [-0.25, -0.2) is 4.79 Å². The Hall–Kier alpha value is -3.03. The van der Waals surface area contributed by atoms with E-state index in [1.165, 1.54) is 18.1 Å². The Balaban J connectivity index is 1.68. The van der Waals surface area contributed by atoms with Gasteiger partial charge in [0.05, 0.1) is 14.2 Å². The average molecular weight is 388 g/mol. The Morgan fingerprint density at radius 3 is 2.79 bits per heavy atom. The molecule has 0 spiro atoms. The van der Waals surface area contributed by atoms with E-state index in [-0.39, 0.29) is 18.2 Å². The first kappa shape index (κ1) is 19.7. The largest absolute Gasteiger partial charge is 0.493 e. The van der Waals surface area contributed by atoms with Crippen molar-refractivity contribution in [3.05, 3.63) is 41.3 Å². The smallest absolute Gasteiger partial charge is 0.328 e. The van der Waals surface area contributed by atoms with Crippen LogP contribution >= 0.6 is 0 Å². The van der Waals surface area contributed by atoms with Gasteiger partial charge in [-0.05, 0) is 43.9 Å². The Labute approximate surface area is 163 Å². The molecule has 0 bridgehead atoms. The summed E-state index contributed by atoms with van der Waals surface area (Å²) in [6.45, 7) is 2.54. The van der Waals surface area contributed by atoms with Gasteiger partial charge in [-0.2, -0.15) is 0 Å². The van der Waals surface area contributed by atoms with Gasteiger partial charge in [-0.3, -0.25) is 4.79 Å². The minimum atomic E-state index is -0.584. The van der Waals surface area contributed by atoms with Gasteiger partial charge in [0.25, 0.3) is 5.91 Å². The van der Waals surface area contributed by atoms with E-state index in [9.17, 15) is 9.59 Å². The van der Waals surface area contributed by atoms with E-state index < -0.39 is 12.0 Å². The van der Waals surface area contributed by atoms with Crippen LogP contribution in [0.25, 0.3) is 0 Å². The van der Waals surface area contributed by atoms with Crippen molar-refractivity contribution >= 4 is 11.9 Å². The summed E-state index contributed by atoms with van der Waals surface area (Å²) in [4.78, 5) is 26.3. The number of esters is 1. The third-order valence-electron chi connectivity index (χ3n) is 4.70. The molecule has 1 aliphatic rings. The second-order valence-corrected chi connectivity index (χ2v) is 6.65. The Kier molecular flexibility index (Phi) is 6.18. The summed E-state index contributed by atoms with van der Waals surface area (Å²) in [6, 6.07) is 6.54. The molecule has 2 heterocycles. The van der Waals surface area contributed by atoms with Crippen molar-refractivity contribution in [3.8, 4) is 11.5 Å². The molecule has 1 atom stereocenters. The molecule has 0 aliphatic carbocycles. The minimum Gasteiger partial charge on any atom is -0.493 e. The monoisotopic (exact) mass is 388 g/mol. The summed E-state index contributed by atoms with van der Waals surface area (Å²) < 4.78 is 21.1. The normalized spacial score (nSPS) is 16.5. The number of aryl methyl sites for hydroxylation is 1. The Bertz CT molecular complexity index is 847. The van der Waals surface area contributed by atoms with Crippen LogP contribution in [-0.2, 0) is 16.1 Å². The second-order valence-electron chi connectivity index (χ2n) is 6.65. The zero-order valence-electron chi connectivity index (χ0n) is 16.3. The molecule has 2 aromatic rings. The molecule has 0 N–H and O–H groups in total. The van der Waals surface area contributed by atoms with E-state index >= 15 is 0 Å². The average Bonchev–Trinajstić information content (AvgIpc) is 3.20. The van der Waals surface area contributed by atoms with Gasteiger partial charge in [0, 0.05) is 12.6 Å². The third kappa shape index (κ3) is 4.27. The number of rotatable bonds is 6. The van der Waals surface area contributed by atoms with Crippen molar-refractivity contribution in [2.45, 2.75) is 38.8 Å². The molecule has 1 fully saturated rings. The first-order chi connectivity index (χ1) is 13.5. The quantitative estimate of drug-likeness (QED) is 0.703. The topological polar surface area (TPSA) is 91.1 Å². The number of amides is 1. The van der Waals surface area contributed by atoms with Crippen molar-refractivity contribution < 1.29 is 28.3 Å². The SMILES string of the molecule is COC(=O)[C@@H]1CCCCN1C(=O)c1cc(COc2ccc(C)cc2OC)on1. The number of aromatic nitrogens is 1. The first-order valence-electron chi connectivity index (χ1n) is 9.15. The molecular weight excluding hydrogens is 364 g/mol. The number of carbonyl (C=O) groups excluding carboxylic acids is 2.